The lowest BCUT2D eigenvalue weighted by atomic mass is 9.95. The van der Waals surface area contributed by atoms with Crippen molar-refractivity contribution in [1.29, 1.82) is 0 Å². The number of carbonyl (C=O) groups is 2. The summed E-state index contributed by atoms with van der Waals surface area (Å²) in [6, 6.07) is 9.65. The average molecular weight is 793 g/mol. The van der Waals surface area contributed by atoms with E-state index in [2.05, 4.69) is 9.97 Å². The van der Waals surface area contributed by atoms with Crippen LogP contribution in [0.5, 0.6) is 5.88 Å². The van der Waals surface area contributed by atoms with Gasteiger partial charge in [0.25, 0.3) is 5.92 Å². The highest BCUT2D eigenvalue weighted by Gasteiger charge is 2.46. The predicted octanol–water partition coefficient (Wildman–Crippen LogP) is 9.66. The molecular formula is C39H36F8N4O5. The first-order valence-electron chi connectivity index (χ1n) is 17.2. The van der Waals surface area contributed by atoms with Gasteiger partial charge in [-0.1, -0.05) is 6.07 Å². The molecule has 0 radical (unpaired) electrons. The molecule has 0 spiro atoms. The zero-order valence-corrected chi connectivity index (χ0v) is 30.9. The van der Waals surface area contributed by atoms with Crippen LogP contribution >= 0.6 is 0 Å². The lowest BCUT2D eigenvalue weighted by Gasteiger charge is -2.39. The Kier molecular flexibility index (Phi) is 10.2. The molecule has 56 heavy (non-hydrogen) atoms. The Morgan fingerprint density at radius 2 is 1.54 bits per heavy atom. The number of benzene rings is 2. The molecule has 6 rings (SSSR count). The summed E-state index contributed by atoms with van der Waals surface area (Å²) in [6.07, 6.45) is -11.3. The van der Waals surface area contributed by atoms with Gasteiger partial charge in [0, 0.05) is 22.9 Å². The van der Waals surface area contributed by atoms with Gasteiger partial charge in [0.15, 0.2) is 0 Å². The molecule has 2 fully saturated rings. The van der Waals surface area contributed by atoms with E-state index in [0.29, 0.717) is 45.5 Å². The molecule has 9 nitrogen and oxygen atoms in total. The number of cyclic esters (lactones) is 1. The van der Waals surface area contributed by atoms with Crippen molar-refractivity contribution in [1.82, 2.24) is 14.9 Å². The lowest BCUT2D eigenvalue weighted by Crippen LogP contribution is -2.56. The Labute approximate surface area is 316 Å². The van der Waals surface area contributed by atoms with Crippen molar-refractivity contribution >= 4 is 17.9 Å². The molecule has 0 aliphatic carbocycles. The van der Waals surface area contributed by atoms with E-state index in [1.165, 1.54) is 31.2 Å². The third-order valence-electron chi connectivity index (χ3n) is 9.29. The highest BCUT2D eigenvalue weighted by molar-refractivity contribution is 5.91. The number of halogens is 8. The van der Waals surface area contributed by atoms with E-state index >= 15 is 0 Å². The van der Waals surface area contributed by atoms with Crippen LogP contribution in [0.15, 0.2) is 60.8 Å². The van der Waals surface area contributed by atoms with Crippen LogP contribution in [0.4, 0.5) is 45.7 Å². The fraction of sp³-hybridized carbons (Fsp3) is 0.385. The van der Waals surface area contributed by atoms with Crippen molar-refractivity contribution in [3.05, 3.63) is 94.3 Å². The van der Waals surface area contributed by atoms with Gasteiger partial charge in [-0.15, -0.1) is 0 Å². The minimum atomic E-state index is -5.13. The molecule has 2 aliphatic heterocycles. The van der Waals surface area contributed by atoms with E-state index in [9.17, 15) is 44.7 Å². The summed E-state index contributed by atoms with van der Waals surface area (Å²) in [5.41, 5.74) is -1.29. The van der Waals surface area contributed by atoms with E-state index in [1.807, 2.05) is 0 Å². The fourth-order valence-electron chi connectivity index (χ4n) is 6.58. The molecule has 2 unspecified atom stereocenters. The number of esters is 1. The summed E-state index contributed by atoms with van der Waals surface area (Å²) >= 11 is 0. The first kappa shape index (κ1) is 40.2. The van der Waals surface area contributed by atoms with Gasteiger partial charge < -0.3 is 19.1 Å². The van der Waals surface area contributed by atoms with Crippen molar-refractivity contribution in [3.63, 3.8) is 0 Å². The van der Waals surface area contributed by atoms with Crippen LogP contribution in [0.25, 0.3) is 22.3 Å². The Balaban J connectivity index is 1.40. The van der Waals surface area contributed by atoms with E-state index in [0.717, 1.165) is 4.90 Å². The SMILES string of the molecule is COc1ncc(-c2ccc(C(=O)OC(C)(C)C)cc2C)cc1-c1ccc(N2CC(F)(F)C2)nc1CN1C(=O)OC(c2cc(C(F)(F)F)cc(C(F)(F)F)c2)C1C. The van der Waals surface area contributed by atoms with Crippen LogP contribution in [-0.4, -0.2) is 64.7 Å². The highest BCUT2D eigenvalue weighted by Crippen LogP contribution is 2.43. The summed E-state index contributed by atoms with van der Waals surface area (Å²) in [6.45, 7) is 6.79. The second kappa shape index (κ2) is 14.2. The summed E-state index contributed by atoms with van der Waals surface area (Å²) in [7, 11) is 1.37. The summed E-state index contributed by atoms with van der Waals surface area (Å²) < 4.78 is 126. The largest absolute Gasteiger partial charge is 0.481 e. The number of carbonyl (C=O) groups excluding carboxylic acids is 2. The lowest BCUT2D eigenvalue weighted by molar-refractivity contribution is -0.143. The Hall–Kier alpha value is -5.48. The van der Waals surface area contributed by atoms with Crippen LogP contribution in [0, 0.1) is 6.92 Å². The maximum Gasteiger partial charge on any atom is 0.416 e. The summed E-state index contributed by atoms with van der Waals surface area (Å²) in [5, 5.41) is 0. The maximum atomic E-state index is 13.9. The van der Waals surface area contributed by atoms with Gasteiger partial charge in [-0.25, -0.2) is 28.3 Å². The molecule has 4 aromatic rings. The monoisotopic (exact) mass is 792 g/mol. The number of alkyl halides is 8. The quantitative estimate of drug-likeness (QED) is 0.129. The molecule has 2 saturated heterocycles. The van der Waals surface area contributed by atoms with Crippen molar-refractivity contribution in [2.24, 2.45) is 0 Å². The van der Waals surface area contributed by atoms with Crippen LogP contribution in [0.1, 0.15) is 72.1 Å². The number of pyridine rings is 2. The molecule has 0 N–H and O–H groups in total. The molecule has 0 saturated carbocycles. The minimum Gasteiger partial charge on any atom is -0.481 e. The summed E-state index contributed by atoms with van der Waals surface area (Å²) in [5.74, 6) is -3.22. The number of aromatic nitrogens is 2. The van der Waals surface area contributed by atoms with Crippen LogP contribution in [-0.2, 0) is 28.4 Å². The zero-order valence-electron chi connectivity index (χ0n) is 30.9. The zero-order chi connectivity index (χ0) is 41.1. The predicted molar refractivity (Wildman–Crippen MR) is 187 cm³/mol. The number of amides is 1. The molecule has 2 aliphatic rings. The topological polar surface area (TPSA) is 94.1 Å². The number of hydrogen-bond acceptors (Lipinski definition) is 8. The van der Waals surface area contributed by atoms with Gasteiger partial charge in [0.1, 0.15) is 17.5 Å². The molecular weight excluding hydrogens is 756 g/mol. The van der Waals surface area contributed by atoms with Gasteiger partial charge in [-0.2, -0.15) is 26.3 Å². The van der Waals surface area contributed by atoms with Crippen molar-refractivity contribution in [2.75, 3.05) is 25.1 Å². The normalized spacial score (nSPS) is 18.4. The number of ether oxygens (including phenoxy) is 3. The van der Waals surface area contributed by atoms with Crippen molar-refractivity contribution in [3.8, 4) is 28.1 Å². The van der Waals surface area contributed by atoms with E-state index in [4.69, 9.17) is 14.2 Å². The van der Waals surface area contributed by atoms with E-state index < -0.39 is 84.4 Å². The molecule has 4 heterocycles. The fourth-order valence-corrected chi connectivity index (χ4v) is 6.58. The van der Waals surface area contributed by atoms with Gasteiger partial charge in [-0.05, 0) is 99.8 Å². The Morgan fingerprint density at radius 3 is 2.09 bits per heavy atom. The maximum absolute atomic E-state index is 13.9. The first-order chi connectivity index (χ1) is 25.9. The van der Waals surface area contributed by atoms with Gasteiger partial charge in [0.05, 0.1) is 55.2 Å². The van der Waals surface area contributed by atoms with E-state index in [1.54, 1.807) is 58.0 Å². The number of rotatable bonds is 8. The Bertz CT molecular complexity index is 2140. The Morgan fingerprint density at radius 1 is 0.911 bits per heavy atom. The van der Waals surface area contributed by atoms with Gasteiger partial charge in [0.2, 0.25) is 5.88 Å². The van der Waals surface area contributed by atoms with E-state index in [-0.39, 0.29) is 23.5 Å². The number of nitrogens with zero attached hydrogens (tertiary/aromatic N) is 4. The van der Waals surface area contributed by atoms with Crippen LogP contribution in [0.3, 0.4) is 0 Å². The van der Waals surface area contributed by atoms with Crippen molar-refractivity contribution < 1.29 is 58.9 Å². The van der Waals surface area contributed by atoms with Crippen molar-refractivity contribution in [2.45, 2.75) is 77.2 Å². The molecule has 1 amide bonds. The number of hydrogen-bond donors (Lipinski definition) is 0. The smallest absolute Gasteiger partial charge is 0.416 e. The highest BCUT2D eigenvalue weighted by atomic mass is 19.4. The summed E-state index contributed by atoms with van der Waals surface area (Å²) in [4.78, 5) is 37.6. The number of methoxy groups -OCH3 is 1. The van der Waals surface area contributed by atoms with Crippen LogP contribution in [0.2, 0.25) is 0 Å². The third kappa shape index (κ3) is 8.35. The second-order valence-electron chi connectivity index (χ2n) is 14.7. The number of aryl methyl sites for hydroxylation is 1. The second-order valence-corrected chi connectivity index (χ2v) is 14.7. The first-order valence-corrected chi connectivity index (χ1v) is 17.2. The molecule has 17 heteroatoms. The van der Waals surface area contributed by atoms with Gasteiger partial charge >= 0.3 is 24.4 Å². The number of anilines is 1. The molecule has 298 valence electrons. The molecule has 2 aromatic carbocycles. The molecule has 2 aromatic heterocycles. The molecule has 0 bridgehead atoms. The standard InChI is InChI=1S/C39H36F8N4O5/c1-20-11-22(34(52)56-36(3,4)5)7-8-27(20)24-14-29(33(54-6)48-16-24)28-9-10-31(50-18-37(40,41)19-50)49-30(28)17-51-21(2)32(55-35(51)53)23-12-25(38(42,43)44)15-26(13-23)39(45,46)47/h7-16,21,32H,17-19H2,1-6H3. The van der Waals surface area contributed by atoms with Gasteiger partial charge in [-0.3, -0.25) is 4.90 Å². The van der Waals surface area contributed by atoms with Crippen LogP contribution < -0.4 is 9.64 Å². The average Bonchev–Trinajstić information content (AvgIpc) is 3.37. The molecule has 2 atom stereocenters. The third-order valence-corrected chi connectivity index (χ3v) is 9.29. The minimum absolute atomic E-state index is 0.0177.